The van der Waals surface area contributed by atoms with E-state index >= 15 is 0 Å². The van der Waals surface area contributed by atoms with Crippen LogP contribution in [0.25, 0.3) is 0 Å². The molecule has 1 aliphatic carbocycles. The van der Waals surface area contributed by atoms with Crippen LogP contribution >= 0.6 is 0 Å². The SMILES string of the molecule is NOC(=O)C(O)(c1ccccc1)C1CCCCC1. The molecule has 0 spiro atoms. The van der Waals surface area contributed by atoms with Gasteiger partial charge >= 0.3 is 5.97 Å². The molecule has 0 amide bonds. The Hall–Kier alpha value is -1.39. The van der Waals surface area contributed by atoms with Crippen LogP contribution in [0.15, 0.2) is 30.3 Å². The highest BCUT2D eigenvalue weighted by Gasteiger charge is 2.47. The molecular weight excluding hydrogens is 230 g/mol. The summed E-state index contributed by atoms with van der Waals surface area (Å²) in [4.78, 5) is 16.3. The molecule has 1 aromatic carbocycles. The Morgan fingerprint density at radius 3 is 2.39 bits per heavy atom. The first-order valence-corrected chi connectivity index (χ1v) is 6.38. The van der Waals surface area contributed by atoms with Crippen molar-refractivity contribution < 1.29 is 14.7 Å². The molecule has 4 heteroatoms. The van der Waals surface area contributed by atoms with E-state index in [0.717, 1.165) is 32.1 Å². The van der Waals surface area contributed by atoms with Gasteiger partial charge in [0, 0.05) is 5.92 Å². The molecule has 0 radical (unpaired) electrons. The molecular formula is C14H19NO3. The number of nitrogens with two attached hydrogens (primary N) is 1. The molecule has 1 atom stereocenters. The lowest BCUT2D eigenvalue weighted by molar-refractivity contribution is -0.176. The van der Waals surface area contributed by atoms with Crippen LogP contribution in [0.5, 0.6) is 0 Å². The van der Waals surface area contributed by atoms with Crippen molar-refractivity contribution in [1.29, 1.82) is 0 Å². The highest BCUT2D eigenvalue weighted by Crippen LogP contribution is 2.40. The molecule has 0 saturated heterocycles. The predicted molar refractivity (Wildman–Crippen MR) is 67.2 cm³/mol. The average molecular weight is 249 g/mol. The van der Waals surface area contributed by atoms with E-state index in [0.29, 0.717) is 5.56 Å². The summed E-state index contributed by atoms with van der Waals surface area (Å²) in [6.45, 7) is 0. The van der Waals surface area contributed by atoms with Gasteiger partial charge in [0.05, 0.1) is 0 Å². The molecule has 18 heavy (non-hydrogen) atoms. The second-order valence-electron chi connectivity index (χ2n) is 4.87. The van der Waals surface area contributed by atoms with Gasteiger partial charge in [0.15, 0.2) is 5.60 Å². The third-order valence-electron chi connectivity index (χ3n) is 3.83. The highest BCUT2D eigenvalue weighted by atomic mass is 16.7. The summed E-state index contributed by atoms with van der Waals surface area (Å²) >= 11 is 0. The van der Waals surface area contributed by atoms with Crippen LogP contribution in [0.4, 0.5) is 0 Å². The molecule has 4 nitrogen and oxygen atoms in total. The van der Waals surface area contributed by atoms with Gasteiger partial charge in [0.2, 0.25) is 0 Å². The van der Waals surface area contributed by atoms with Crippen molar-refractivity contribution >= 4 is 5.97 Å². The zero-order chi connectivity index (χ0) is 13.0. The van der Waals surface area contributed by atoms with E-state index in [1.165, 1.54) is 0 Å². The molecule has 0 aliphatic heterocycles. The van der Waals surface area contributed by atoms with E-state index in [9.17, 15) is 9.90 Å². The molecule has 2 rings (SSSR count). The molecule has 1 fully saturated rings. The number of aliphatic hydroxyl groups is 1. The van der Waals surface area contributed by atoms with Crippen molar-refractivity contribution in [3.63, 3.8) is 0 Å². The molecule has 98 valence electrons. The fourth-order valence-corrected chi connectivity index (χ4v) is 2.82. The maximum absolute atomic E-state index is 11.9. The van der Waals surface area contributed by atoms with E-state index in [-0.39, 0.29) is 5.92 Å². The molecule has 1 aliphatic rings. The predicted octanol–water partition coefficient (Wildman–Crippen LogP) is 1.87. The second kappa shape index (κ2) is 5.50. The number of benzene rings is 1. The van der Waals surface area contributed by atoms with Crippen LogP contribution in [-0.4, -0.2) is 11.1 Å². The topological polar surface area (TPSA) is 72.5 Å². The second-order valence-corrected chi connectivity index (χ2v) is 4.87. The number of carbonyl (C=O) groups is 1. The Balaban J connectivity index is 2.36. The minimum atomic E-state index is -1.61. The van der Waals surface area contributed by atoms with Crippen molar-refractivity contribution in [3.05, 3.63) is 35.9 Å². The normalized spacial score (nSPS) is 20.1. The van der Waals surface area contributed by atoms with Crippen molar-refractivity contribution in [2.24, 2.45) is 11.8 Å². The first-order valence-electron chi connectivity index (χ1n) is 6.38. The summed E-state index contributed by atoms with van der Waals surface area (Å²) in [6.07, 6.45) is 4.84. The zero-order valence-corrected chi connectivity index (χ0v) is 10.3. The van der Waals surface area contributed by atoms with Crippen LogP contribution in [0.2, 0.25) is 0 Å². The molecule has 3 N–H and O–H groups in total. The van der Waals surface area contributed by atoms with Gasteiger partial charge in [-0.25, -0.2) is 4.79 Å². The molecule has 0 bridgehead atoms. The maximum atomic E-state index is 11.9. The summed E-state index contributed by atoms with van der Waals surface area (Å²) in [5.41, 5.74) is -1.05. The van der Waals surface area contributed by atoms with Gasteiger partial charge in [-0.05, 0) is 18.4 Å². The fraction of sp³-hybridized carbons (Fsp3) is 0.500. The molecule has 1 aromatic rings. The summed E-state index contributed by atoms with van der Waals surface area (Å²) in [5.74, 6) is 4.11. The van der Waals surface area contributed by atoms with Gasteiger partial charge in [0.1, 0.15) is 0 Å². The van der Waals surface area contributed by atoms with Gasteiger partial charge in [0.25, 0.3) is 0 Å². The molecule has 1 saturated carbocycles. The van der Waals surface area contributed by atoms with Gasteiger partial charge < -0.3 is 9.94 Å². The van der Waals surface area contributed by atoms with Crippen LogP contribution in [0.3, 0.4) is 0 Å². The largest absolute Gasteiger partial charge is 0.374 e. The van der Waals surface area contributed by atoms with Gasteiger partial charge in [-0.1, -0.05) is 49.6 Å². The highest BCUT2D eigenvalue weighted by molar-refractivity contribution is 5.81. The third-order valence-corrected chi connectivity index (χ3v) is 3.83. The van der Waals surface area contributed by atoms with Gasteiger partial charge in [-0.15, -0.1) is 0 Å². The minimum Gasteiger partial charge on any atom is -0.374 e. The van der Waals surface area contributed by atoms with Crippen LogP contribution in [0, 0.1) is 5.92 Å². The smallest absolute Gasteiger partial charge is 0.361 e. The van der Waals surface area contributed by atoms with Gasteiger partial charge in [-0.3, -0.25) is 0 Å². The van der Waals surface area contributed by atoms with E-state index in [1.807, 2.05) is 6.07 Å². The Morgan fingerprint density at radius 1 is 1.22 bits per heavy atom. The van der Waals surface area contributed by atoms with E-state index < -0.39 is 11.6 Å². The van der Waals surface area contributed by atoms with E-state index in [2.05, 4.69) is 4.84 Å². The summed E-state index contributed by atoms with van der Waals surface area (Å²) in [7, 11) is 0. The first kappa shape index (κ1) is 13.1. The van der Waals surface area contributed by atoms with E-state index in [4.69, 9.17) is 5.90 Å². The van der Waals surface area contributed by atoms with Crippen molar-refractivity contribution in [2.45, 2.75) is 37.7 Å². The lowest BCUT2D eigenvalue weighted by Crippen LogP contribution is -2.46. The van der Waals surface area contributed by atoms with Crippen LogP contribution in [-0.2, 0) is 15.2 Å². The monoisotopic (exact) mass is 249 g/mol. The van der Waals surface area contributed by atoms with Crippen molar-refractivity contribution in [1.82, 2.24) is 0 Å². The molecule has 1 unspecified atom stereocenters. The Labute approximate surface area is 107 Å². The lowest BCUT2D eigenvalue weighted by atomic mass is 9.73. The van der Waals surface area contributed by atoms with Crippen molar-refractivity contribution in [2.75, 3.05) is 0 Å². The average Bonchev–Trinajstić information content (AvgIpc) is 2.47. The number of carbonyl (C=O) groups excluding carboxylic acids is 1. The van der Waals surface area contributed by atoms with Gasteiger partial charge in [-0.2, -0.15) is 5.90 Å². The lowest BCUT2D eigenvalue weighted by Gasteiger charge is -2.36. The Kier molecular flexibility index (Phi) is 3.99. The standard InChI is InChI=1S/C14H19NO3/c15-18-13(16)14(17,11-7-3-1-4-8-11)12-9-5-2-6-10-12/h1,3-4,7-8,12,17H,2,5-6,9-10,15H2. The first-order chi connectivity index (χ1) is 8.69. The van der Waals surface area contributed by atoms with Crippen molar-refractivity contribution in [3.8, 4) is 0 Å². The quantitative estimate of drug-likeness (QED) is 0.802. The van der Waals surface area contributed by atoms with Crippen LogP contribution < -0.4 is 5.90 Å². The Bertz CT molecular complexity index is 401. The summed E-state index contributed by atoms with van der Waals surface area (Å²) in [6, 6.07) is 8.93. The summed E-state index contributed by atoms with van der Waals surface area (Å²) < 4.78 is 0. The number of hydrogen-bond acceptors (Lipinski definition) is 4. The molecule has 0 aromatic heterocycles. The minimum absolute atomic E-state index is 0.121. The third kappa shape index (κ3) is 2.26. The summed E-state index contributed by atoms with van der Waals surface area (Å²) in [5, 5.41) is 10.8. The Morgan fingerprint density at radius 2 is 1.83 bits per heavy atom. The van der Waals surface area contributed by atoms with E-state index in [1.54, 1.807) is 24.3 Å². The zero-order valence-electron chi connectivity index (χ0n) is 10.3. The maximum Gasteiger partial charge on any atom is 0.361 e. The fourth-order valence-electron chi connectivity index (χ4n) is 2.82. The van der Waals surface area contributed by atoms with Crippen LogP contribution in [0.1, 0.15) is 37.7 Å². The number of rotatable bonds is 3. The number of hydrogen-bond donors (Lipinski definition) is 2. The molecule has 0 heterocycles.